The van der Waals surface area contributed by atoms with E-state index in [1.165, 1.54) is 36.2 Å². The van der Waals surface area contributed by atoms with Crippen LogP contribution in [0.1, 0.15) is 10.4 Å². The standard InChI is InChI=1S/C16H14BrN3O4/c1-19(10-15(21)18-14-5-3-2-4-13(14)17)16(22)11-6-8-12(9-7-11)20(23)24/h2-9H,10H2,1H3,(H,18,21). The highest BCUT2D eigenvalue weighted by atomic mass is 79.9. The van der Waals surface area contributed by atoms with Gasteiger partial charge in [0.05, 0.1) is 17.2 Å². The molecular weight excluding hydrogens is 378 g/mol. The predicted molar refractivity (Wildman–Crippen MR) is 92.8 cm³/mol. The van der Waals surface area contributed by atoms with Gasteiger partial charge in [0, 0.05) is 29.2 Å². The largest absolute Gasteiger partial charge is 0.332 e. The zero-order valence-corrected chi connectivity index (χ0v) is 14.3. The molecule has 0 aliphatic carbocycles. The van der Waals surface area contributed by atoms with Gasteiger partial charge in [0.1, 0.15) is 0 Å². The van der Waals surface area contributed by atoms with Gasteiger partial charge < -0.3 is 10.2 Å². The number of likely N-dealkylation sites (N-methyl/N-ethyl adjacent to an activating group) is 1. The van der Waals surface area contributed by atoms with E-state index in [2.05, 4.69) is 21.2 Å². The Kier molecular flexibility index (Phi) is 5.64. The summed E-state index contributed by atoms with van der Waals surface area (Å²) < 4.78 is 0.739. The molecule has 0 spiro atoms. The van der Waals surface area contributed by atoms with Crippen molar-refractivity contribution in [2.45, 2.75) is 0 Å². The third-order valence-corrected chi connectivity index (χ3v) is 3.89. The van der Waals surface area contributed by atoms with Crippen LogP contribution < -0.4 is 5.32 Å². The molecule has 2 amide bonds. The van der Waals surface area contributed by atoms with E-state index in [1.807, 2.05) is 6.07 Å². The van der Waals surface area contributed by atoms with Crippen molar-refractivity contribution < 1.29 is 14.5 Å². The summed E-state index contributed by atoms with van der Waals surface area (Å²) in [5, 5.41) is 13.3. The van der Waals surface area contributed by atoms with Crippen molar-refractivity contribution in [2.24, 2.45) is 0 Å². The Balaban J connectivity index is 1.99. The number of non-ortho nitro benzene ring substituents is 1. The van der Waals surface area contributed by atoms with Crippen molar-refractivity contribution in [3.8, 4) is 0 Å². The molecule has 0 bridgehead atoms. The molecule has 0 saturated carbocycles. The molecule has 8 heteroatoms. The van der Waals surface area contributed by atoms with E-state index in [4.69, 9.17) is 0 Å². The van der Waals surface area contributed by atoms with Gasteiger partial charge in [-0.05, 0) is 40.2 Å². The summed E-state index contributed by atoms with van der Waals surface area (Å²) in [6.45, 7) is -0.142. The van der Waals surface area contributed by atoms with Gasteiger partial charge in [-0.3, -0.25) is 19.7 Å². The van der Waals surface area contributed by atoms with Gasteiger partial charge in [0.15, 0.2) is 0 Å². The first-order valence-corrected chi connectivity index (χ1v) is 7.72. The molecule has 2 aromatic rings. The fourth-order valence-electron chi connectivity index (χ4n) is 1.99. The first kappa shape index (κ1) is 17.6. The number of nitro benzene ring substituents is 1. The van der Waals surface area contributed by atoms with Gasteiger partial charge in [-0.1, -0.05) is 12.1 Å². The number of carbonyl (C=O) groups is 2. The van der Waals surface area contributed by atoms with Crippen LogP contribution in [0.25, 0.3) is 0 Å². The minimum absolute atomic E-state index is 0.0964. The van der Waals surface area contributed by atoms with Crippen LogP contribution in [0.5, 0.6) is 0 Å². The second-order valence-electron chi connectivity index (χ2n) is 4.99. The fourth-order valence-corrected chi connectivity index (χ4v) is 2.37. The number of nitrogens with one attached hydrogen (secondary N) is 1. The smallest absolute Gasteiger partial charge is 0.269 e. The maximum atomic E-state index is 12.2. The predicted octanol–water partition coefficient (Wildman–Crippen LogP) is 3.07. The first-order chi connectivity index (χ1) is 11.4. The fraction of sp³-hybridized carbons (Fsp3) is 0.125. The van der Waals surface area contributed by atoms with Crippen LogP contribution in [0.3, 0.4) is 0 Å². The van der Waals surface area contributed by atoms with Crippen molar-refractivity contribution in [1.82, 2.24) is 4.90 Å². The third kappa shape index (κ3) is 4.39. The van der Waals surface area contributed by atoms with E-state index in [1.54, 1.807) is 18.2 Å². The number of benzene rings is 2. The Hall–Kier alpha value is -2.74. The highest BCUT2D eigenvalue weighted by Crippen LogP contribution is 2.21. The zero-order valence-electron chi connectivity index (χ0n) is 12.7. The lowest BCUT2D eigenvalue weighted by atomic mass is 10.2. The van der Waals surface area contributed by atoms with Crippen molar-refractivity contribution in [3.63, 3.8) is 0 Å². The zero-order chi connectivity index (χ0) is 17.7. The average Bonchev–Trinajstić information content (AvgIpc) is 2.56. The third-order valence-electron chi connectivity index (χ3n) is 3.20. The van der Waals surface area contributed by atoms with Crippen molar-refractivity contribution >= 4 is 39.1 Å². The van der Waals surface area contributed by atoms with Crippen molar-refractivity contribution in [3.05, 3.63) is 68.7 Å². The Bertz CT molecular complexity index is 777. The Morgan fingerprint density at radius 3 is 2.38 bits per heavy atom. The van der Waals surface area contributed by atoms with Crippen LogP contribution in [-0.2, 0) is 4.79 Å². The molecule has 1 N–H and O–H groups in total. The molecule has 2 aromatic carbocycles. The molecule has 0 aromatic heterocycles. The topological polar surface area (TPSA) is 92.6 Å². The minimum Gasteiger partial charge on any atom is -0.332 e. The molecular formula is C16H14BrN3O4. The summed E-state index contributed by atoms with van der Waals surface area (Å²) in [6, 6.07) is 12.4. The highest BCUT2D eigenvalue weighted by Gasteiger charge is 2.16. The molecule has 0 radical (unpaired) electrons. The van der Waals surface area contributed by atoms with Gasteiger partial charge in [-0.15, -0.1) is 0 Å². The van der Waals surface area contributed by atoms with Gasteiger partial charge >= 0.3 is 0 Å². The first-order valence-electron chi connectivity index (χ1n) is 6.93. The van der Waals surface area contributed by atoms with Crippen LogP contribution in [0.15, 0.2) is 53.0 Å². The summed E-state index contributed by atoms with van der Waals surface area (Å²) in [5.74, 6) is -0.744. The monoisotopic (exact) mass is 391 g/mol. The summed E-state index contributed by atoms with van der Waals surface area (Å²) in [6.07, 6.45) is 0. The molecule has 0 atom stereocenters. The van der Waals surface area contributed by atoms with E-state index in [0.29, 0.717) is 5.69 Å². The maximum Gasteiger partial charge on any atom is 0.269 e. The average molecular weight is 392 g/mol. The number of carbonyl (C=O) groups excluding carboxylic acids is 2. The Labute approximate surface area is 146 Å². The number of hydrogen-bond donors (Lipinski definition) is 1. The number of para-hydroxylation sites is 1. The molecule has 0 aliphatic rings. The normalized spacial score (nSPS) is 10.1. The summed E-state index contributed by atoms with van der Waals surface area (Å²) in [7, 11) is 1.49. The molecule has 2 rings (SSSR count). The summed E-state index contributed by atoms with van der Waals surface area (Å²) in [5.41, 5.74) is 0.788. The Morgan fingerprint density at radius 2 is 1.79 bits per heavy atom. The van der Waals surface area contributed by atoms with Crippen LogP contribution in [0.4, 0.5) is 11.4 Å². The quantitative estimate of drug-likeness (QED) is 0.625. The second-order valence-corrected chi connectivity index (χ2v) is 5.85. The van der Waals surface area contributed by atoms with E-state index < -0.39 is 10.8 Å². The second kappa shape index (κ2) is 7.69. The minimum atomic E-state index is -0.539. The SMILES string of the molecule is CN(CC(=O)Nc1ccccc1Br)C(=O)c1ccc([N+](=O)[O-])cc1. The summed E-state index contributed by atoms with van der Waals surface area (Å²) >= 11 is 3.32. The lowest BCUT2D eigenvalue weighted by Crippen LogP contribution is -2.35. The number of nitrogens with zero attached hydrogens (tertiary/aromatic N) is 2. The number of anilines is 1. The highest BCUT2D eigenvalue weighted by molar-refractivity contribution is 9.10. The van der Waals surface area contributed by atoms with E-state index in [9.17, 15) is 19.7 Å². The van der Waals surface area contributed by atoms with Gasteiger partial charge in [0.2, 0.25) is 5.91 Å². The van der Waals surface area contributed by atoms with E-state index in [-0.39, 0.29) is 23.7 Å². The van der Waals surface area contributed by atoms with Crippen molar-refractivity contribution in [2.75, 3.05) is 18.9 Å². The molecule has 24 heavy (non-hydrogen) atoms. The van der Waals surface area contributed by atoms with E-state index >= 15 is 0 Å². The lowest BCUT2D eigenvalue weighted by Gasteiger charge is -2.17. The Morgan fingerprint density at radius 1 is 1.17 bits per heavy atom. The number of nitro groups is 1. The molecule has 0 fully saturated rings. The number of amides is 2. The van der Waals surface area contributed by atoms with Crippen molar-refractivity contribution in [1.29, 1.82) is 0 Å². The van der Waals surface area contributed by atoms with Crippen LogP contribution in [-0.4, -0.2) is 35.2 Å². The molecule has 0 heterocycles. The molecule has 7 nitrogen and oxygen atoms in total. The molecule has 0 saturated heterocycles. The molecule has 0 aliphatic heterocycles. The number of hydrogen-bond acceptors (Lipinski definition) is 4. The van der Waals surface area contributed by atoms with Crippen LogP contribution in [0.2, 0.25) is 0 Å². The van der Waals surface area contributed by atoms with E-state index in [0.717, 1.165) is 4.47 Å². The van der Waals surface area contributed by atoms with Gasteiger partial charge in [0.25, 0.3) is 11.6 Å². The number of rotatable bonds is 5. The lowest BCUT2D eigenvalue weighted by molar-refractivity contribution is -0.384. The number of halogens is 1. The van der Waals surface area contributed by atoms with Crippen LogP contribution in [0, 0.1) is 10.1 Å². The van der Waals surface area contributed by atoms with Gasteiger partial charge in [-0.2, -0.15) is 0 Å². The summed E-state index contributed by atoms with van der Waals surface area (Å²) in [4.78, 5) is 35.6. The molecule has 0 unspecified atom stereocenters. The maximum absolute atomic E-state index is 12.2. The molecule has 124 valence electrons. The van der Waals surface area contributed by atoms with Crippen LogP contribution >= 0.6 is 15.9 Å². The van der Waals surface area contributed by atoms with Gasteiger partial charge in [-0.25, -0.2) is 0 Å².